The summed E-state index contributed by atoms with van der Waals surface area (Å²) in [5.41, 5.74) is 1.27. The van der Waals surface area contributed by atoms with E-state index in [9.17, 15) is 14.4 Å². The molecule has 0 aliphatic carbocycles. The van der Waals surface area contributed by atoms with E-state index in [1.807, 2.05) is 19.1 Å². The number of thioether (sulfide) groups is 1. The topological polar surface area (TPSA) is 66.9 Å². The van der Waals surface area contributed by atoms with E-state index in [1.165, 1.54) is 16.7 Å². The van der Waals surface area contributed by atoms with Crippen molar-refractivity contribution in [1.82, 2.24) is 4.90 Å². The fraction of sp³-hybridized carbons (Fsp3) is 0.346. The Morgan fingerprint density at radius 2 is 1.59 bits per heavy atom. The average Bonchev–Trinajstić information content (AvgIpc) is 3.01. The first-order valence-corrected chi connectivity index (χ1v) is 12.8. The number of hydrogen-bond acceptors (Lipinski definition) is 6. The highest BCUT2D eigenvalue weighted by Gasteiger charge is 2.42. The molecule has 0 radical (unpaired) electrons. The zero-order valence-corrected chi connectivity index (χ0v) is 20.7. The molecule has 2 aromatic carbocycles. The number of carbonyl (C=O) groups excluding carboxylic acids is 3. The maximum Gasteiger partial charge on any atom is 0.338 e. The minimum absolute atomic E-state index is 0.329. The van der Waals surface area contributed by atoms with Gasteiger partial charge in [0, 0.05) is 23.0 Å². The van der Waals surface area contributed by atoms with Crippen LogP contribution in [0.4, 0.5) is 5.69 Å². The first kappa shape index (κ1) is 24.4. The number of nitrogens with zero attached hydrogens (tertiary/aromatic N) is 2. The quantitative estimate of drug-likeness (QED) is 0.362. The van der Waals surface area contributed by atoms with Gasteiger partial charge in [0.1, 0.15) is 10.6 Å². The number of hydrogen-bond donors (Lipinski definition) is 0. The Hall–Kier alpha value is -2.77. The number of carbonyl (C=O) groups is 3. The van der Waals surface area contributed by atoms with E-state index in [0.29, 0.717) is 33.5 Å². The van der Waals surface area contributed by atoms with Crippen LogP contribution in [0.2, 0.25) is 5.02 Å². The molecule has 34 heavy (non-hydrogen) atoms. The number of likely N-dealkylation sites (tertiary alicyclic amines) is 1. The Kier molecular flexibility index (Phi) is 7.95. The number of rotatable bonds is 7. The number of ether oxygens (including phenoxy) is 1. The molecule has 0 N–H and O–H groups in total. The number of esters is 1. The summed E-state index contributed by atoms with van der Waals surface area (Å²) in [5, 5.41) is 0.610. The monoisotopic (exact) mass is 498 g/mol. The number of halogens is 1. The van der Waals surface area contributed by atoms with Crippen LogP contribution >= 0.6 is 23.4 Å². The molecule has 8 heteroatoms. The second kappa shape index (κ2) is 11.1. The molecular formula is C26H27ClN2O4S. The highest BCUT2D eigenvalue weighted by Crippen LogP contribution is 2.39. The Morgan fingerprint density at radius 1 is 0.941 bits per heavy atom. The van der Waals surface area contributed by atoms with Gasteiger partial charge in [0.15, 0.2) is 0 Å². The van der Waals surface area contributed by atoms with E-state index >= 15 is 0 Å². The molecule has 2 amide bonds. The largest absolute Gasteiger partial charge is 0.462 e. The molecule has 0 aromatic heterocycles. The van der Waals surface area contributed by atoms with Crippen LogP contribution in [0.5, 0.6) is 0 Å². The third-order valence-corrected chi connectivity index (χ3v) is 7.10. The van der Waals surface area contributed by atoms with E-state index in [2.05, 4.69) is 4.90 Å². The van der Waals surface area contributed by atoms with Crippen LogP contribution < -0.4 is 4.90 Å². The molecular weight excluding hydrogens is 472 g/mol. The van der Waals surface area contributed by atoms with Gasteiger partial charge in [0.05, 0.1) is 17.9 Å². The summed E-state index contributed by atoms with van der Waals surface area (Å²) in [6.07, 6.45) is 4.94. The Labute approximate surface area is 208 Å². The van der Waals surface area contributed by atoms with Gasteiger partial charge in [-0.1, -0.05) is 43.1 Å². The van der Waals surface area contributed by atoms with Crippen molar-refractivity contribution >= 4 is 46.8 Å². The van der Waals surface area contributed by atoms with Crippen molar-refractivity contribution in [3.8, 4) is 0 Å². The fourth-order valence-electron chi connectivity index (χ4n) is 4.04. The van der Waals surface area contributed by atoms with Crippen molar-refractivity contribution in [2.45, 2.75) is 43.9 Å². The van der Waals surface area contributed by atoms with Crippen molar-refractivity contribution in [3.63, 3.8) is 0 Å². The molecule has 1 saturated heterocycles. The lowest BCUT2D eigenvalue weighted by atomic mass is 10.2. The van der Waals surface area contributed by atoms with Gasteiger partial charge in [-0.25, -0.2) is 9.69 Å². The zero-order chi connectivity index (χ0) is 24.1. The maximum atomic E-state index is 13.6. The molecule has 2 aromatic rings. The third kappa shape index (κ3) is 5.31. The molecule has 0 bridgehead atoms. The van der Waals surface area contributed by atoms with Gasteiger partial charge in [0.25, 0.3) is 11.8 Å². The zero-order valence-electron chi connectivity index (χ0n) is 19.1. The molecule has 4 rings (SSSR count). The molecule has 2 aliphatic heterocycles. The summed E-state index contributed by atoms with van der Waals surface area (Å²) < 4.78 is 5.17. The predicted octanol–water partition coefficient (Wildman–Crippen LogP) is 5.66. The molecule has 0 unspecified atom stereocenters. The Balaban J connectivity index is 1.64. The van der Waals surface area contributed by atoms with Crippen molar-refractivity contribution in [1.29, 1.82) is 0 Å². The van der Waals surface area contributed by atoms with E-state index in [4.69, 9.17) is 16.3 Å². The second-order valence-electron chi connectivity index (χ2n) is 8.26. The molecule has 2 aliphatic rings. The van der Waals surface area contributed by atoms with Crippen LogP contribution in [0, 0.1) is 0 Å². The maximum absolute atomic E-state index is 13.6. The first-order chi connectivity index (χ1) is 16.5. The van der Waals surface area contributed by atoms with Gasteiger partial charge < -0.3 is 9.64 Å². The fourth-order valence-corrected chi connectivity index (χ4v) is 5.17. The predicted molar refractivity (Wildman–Crippen MR) is 134 cm³/mol. The summed E-state index contributed by atoms with van der Waals surface area (Å²) in [4.78, 5) is 43.8. The molecule has 6 nitrogen and oxygen atoms in total. The number of benzene rings is 2. The van der Waals surface area contributed by atoms with Crippen molar-refractivity contribution in [2.75, 3.05) is 24.6 Å². The molecule has 0 spiro atoms. The lowest BCUT2D eigenvalue weighted by molar-refractivity contribution is -0.121. The van der Waals surface area contributed by atoms with Gasteiger partial charge in [-0.2, -0.15) is 0 Å². The molecule has 0 atom stereocenters. The van der Waals surface area contributed by atoms with Crippen molar-refractivity contribution in [2.24, 2.45) is 0 Å². The van der Waals surface area contributed by atoms with E-state index in [0.717, 1.165) is 50.1 Å². The first-order valence-electron chi connectivity index (χ1n) is 11.6. The summed E-state index contributed by atoms with van der Waals surface area (Å²) in [6, 6.07) is 13.6. The minimum atomic E-state index is -0.421. The van der Waals surface area contributed by atoms with Crippen LogP contribution in [-0.4, -0.2) is 42.4 Å². The summed E-state index contributed by atoms with van der Waals surface area (Å²) in [7, 11) is 0. The average molecular weight is 499 g/mol. The van der Waals surface area contributed by atoms with Crippen molar-refractivity contribution < 1.29 is 19.1 Å². The van der Waals surface area contributed by atoms with Gasteiger partial charge >= 0.3 is 5.97 Å². The van der Waals surface area contributed by atoms with Gasteiger partial charge in [-0.05, 0) is 67.8 Å². The molecule has 178 valence electrons. The second-order valence-corrected chi connectivity index (χ2v) is 9.78. The van der Waals surface area contributed by atoms with Crippen LogP contribution in [-0.2, 0) is 14.3 Å². The van der Waals surface area contributed by atoms with Gasteiger partial charge in [-0.15, -0.1) is 0 Å². The molecule has 0 saturated carbocycles. The summed E-state index contributed by atoms with van der Waals surface area (Å²) in [5.74, 6) is -1.11. The molecule has 2 heterocycles. The summed E-state index contributed by atoms with van der Waals surface area (Å²) >= 11 is 7.31. The standard InChI is InChI=1S/C26H27ClN2O4S/c1-2-17-33-26(32)18-7-11-20(12-8-18)29-24(30)22(28-15-5-3-4-6-16-28)23(25(29)31)34-21-13-9-19(27)10-14-21/h7-14H,2-6,15-17H2,1H3. The third-order valence-electron chi connectivity index (χ3n) is 5.77. The normalized spacial score (nSPS) is 16.8. The minimum Gasteiger partial charge on any atom is -0.462 e. The Bertz CT molecular complexity index is 1090. The van der Waals surface area contributed by atoms with Gasteiger partial charge in [0.2, 0.25) is 0 Å². The van der Waals surface area contributed by atoms with Crippen LogP contribution in [0.25, 0.3) is 0 Å². The number of imide groups is 1. The highest BCUT2D eigenvalue weighted by molar-refractivity contribution is 8.04. The van der Waals surface area contributed by atoms with Crippen LogP contribution in [0.15, 0.2) is 64.0 Å². The summed E-state index contributed by atoms with van der Waals surface area (Å²) in [6.45, 7) is 3.76. The number of anilines is 1. The van der Waals surface area contributed by atoms with E-state index in [1.54, 1.807) is 36.4 Å². The van der Waals surface area contributed by atoms with Crippen LogP contribution in [0.3, 0.4) is 0 Å². The Morgan fingerprint density at radius 3 is 2.21 bits per heavy atom. The van der Waals surface area contributed by atoms with E-state index < -0.39 is 5.97 Å². The highest BCUT2D eigenvalue weighted by atomic mass is 35.5. The van der Waals surface area contributed by atoms with Gasteiger partial charge in [-0.3, -0.25) is 9.59 Å². The lowest BCUT2D eigenvalue weighted by Gasteiger charge is -2.24. The SMILES string of the molecule is CCCOC(=O)c1ccc(N2C(=O)C(Sc3ccc(Cl)cc3)=C(N3CCCCCC3)C2=O)cc1. The smallest absolute Gasteiger partial charge is 0.338 e. The lowest BCUT2D eigenvalue weighted by Crippen LogP contribution is -2.35. The van der Waals surface area contributed by atoms with Crippen LogP contribution in [0.1, 0.15) is 49.4 Å². The van der Waals surface area contributed by atoms with Crippen molar-refractivity contribution in [3.05, 3.63) is 69.7 Å². The van der Waals surface area contributed by atoms with E-state index in [-0.39, 0.29) is 11.8 Å². The number of amides is 2. The molecule has 1 fully saturated rings.